The molecular formula is C18H25NO2. The van der Waals surface area contributed by atoms with Crippen LogP contribution in [-0.2, 0) is 0 Å². The van der Waals surface area contributed by atoms with Crippen LogP contribution in [0.4, 0.5) is 0 Å². The van der Waals surface area contributed by atoms with Gasteiger partial charge in [0, 0.05) is 18.7 Å². The molecule has 1 aliphatic rings. The summed E-state index contributed by atoms with van der Waals surface area (Å²) < 4.78 is 5.80. The Bertz CT molecular complexity index is 472. The molecule has 1 saturated heterocycles. The Balaban J connectivity index is 1.73. The molecule has 0 spiro atoms. The maximum Gasteiger partial charge on any atom is 0.119 e. The molecular weight excluding hydrogens is 262 g/mol. The van der Waals surface area contributed by atoms with E-state index < -0.39 is 0 Å². The Morgan fingerprint density at radius 2 is 2.14 bits per heavy atom. The number of nitrogens with zero attached hydrogens (tertiary/aromatic N) is 1. The minimum absolute atomic E-state index is 0.104. The molecule has 1 fully saturated rings. The zero-order chi connectivity index (χ0) is 14.9. The average Bonchev–Trinajstić information content (AvgIpc) is 2.54. The van der Waals surface area contributed by atoms with Gasteiger partial charge in [-0.15, -0.1) is 0 Å². The van der Waals surface area contributed by atoms with Crippen molar-refractivity contribution in [2.75, 3.05) is 32.8 Å². The van der Waals surface area contributed by atoms with Gasteiger partial charge in [0.05, 0.1) is 0 Å². The monoisotopic (exact) mass is 287 g/mol. The lowest BCUT2D eigenvalue weighted by molar-refractivity contribution is 0.145. The predicted molar refractivity (Wildman–Crippen MR) is 85.4 cm³/mol. The van der Waals surface area contributed by atoms with Gasteiger partial charge < -0.3 is 9.84 Å². The molecule has 0 aromatic heterocycles. The minimum atomic E-state index is -0.104. The molecule has 0 amide bonds. The molecule has 3 nitrogen and oxygen atoms in total. The Morgan fingerprint density at radius 1 is 1.33 bits per heavy atom. The number of hydrogen-bond donors (Lipinski definition) is 1. The molecule has 3 heteroatoms. The van der Waals surface area contributed by atoms with E-state index in [2.05, 4.69) is 23.7 Å². The van der Waals surface area contributed by atoms with Crippen LogP contribution in [0.1, 0.15) is 31.7 Å². The zero-order valence-corrected chi connectivity index (χ0v) is 12.8. The van der Waals surface area contributed by atoms with E-state index in [0.29, 0.717) is 0 Å². The molecule has 1 heterocycles. The number of piperidine rings is 1. The highest BCUT2D eigenvalue weighted by Gasteiger charge is 2.17. The van der Waals surface area contributed by atoms with Gasteiger partial charge in [0.25, 0.3) is 0 Å². The summed E-state index contributed by atoms with van der Waals surface area (Å²) in [6, 6.07) is 7.72. The van der Waals surface area contributed by atoms with Crippen LogP contribution in [0, 0.1) is 17.8 Å². The predicted octanol–water partition coefficient (Wildman–Crippen LogP) is 2.53. The summed E-state index contributed by atoms with van der Waals surface area (Å²) >= 11 is 0. The Morgan fingerprint density at radius 3 is 2.86 bits per heavy atom. The topological polar surface area (TPSA) is 32.7 Å². The van der Waals surface area contributed by atoms with Gasteiger partial charge in [-0.05, 0) is 49.6 Å². The lowest BCUT2D eigenvalue weighted by Gasteiger charge is -2.32. The molecule has 1 unspecified atom stereocenters. The van der Waals surface area contributed by atoms with Crippen LogP contribution in [-0.4, -0.2) is 42.9 Å². The van der Waals surface area contributed by atoms with Crippen LogP contribution in [0.25, 0.3) is 0 Å². The third-order valence-electron chi connectivity index (χ3n) is 4.02. The number of ether oxygens (including phenoxy) is 1. The standard InChI is InChI=1S/C18H25NO2/c1-2-16-5-3-11-19(15-16)12-14-21-18-9-7-17(8-10-18)6-4-13-20/h7-10,16,20H,2-3,5,11-15H2,1H3. The molecule has 114 valence electrons. The molecule has 1 aromatic rings. The highest BCUT2D eigenvalue weighted by molar-refractivity contribution is 5.38. The third kappa shape index (κ3) is 5.41. The maximum absolute atomic E-state index is 8.66. The second-order valence-corrected chi connectivity index (χ2v) is 5.55. The first kappa shape index (κ1) is 15.9. The number of rotatable bonds is 5. The first-order valence-corrected chi connectivity index (χ1v) is 7.86. The number of hydrogen-bond acceptors (Lipinski definition) is 3. The van der Waals surface area contributed by atoms with Crippen molar-refractivity contribution < 1.29 is 9.84 Å². The van der Waals surface area contributed by atoms with Gasteiger partial charge in [0.1, 0.15) is 19.0 Å². The van der Waals surface area contributed by atoms with Crippen molar-refractivity contribution in [1.29, 1.82) is 0 Å². The van der Waals surface area contributed by atoms with E-state index in [0.717, 1.165) is 30.4 Å². The number of benzene rings is 1. The zero-order valence-electron chi connectivity index (χ0n) is 12.8. The fourth-order valence-electron chi connectivity index (χ4n) is 2.76. The van der Waals surface area contributed by atoms with Crippen molar-refractivity contribution in [2.45, 2.75) is 26.2 Å². The van der Waals surface area contributed by atoms with E-state index in [-0.39, 0.29) is 6.61 Å². The Kier molecular flexibility index (Phi) is 6.59. The van der Waals surface area contributed by atoms with E-state index in [1.54, 1.807) is 0 Å². The summed E-state index contributed by atoms with van der Waals surface area (Å²) in [5.41, 5.74) is 0.901. The second-order valence-electron chi connectivity index (χ2n) is 5.55. The van der Waals surface area contributed by atoms with Gasteiger partial charge in [-0.3, -0.25) is 4.90 Å². The summed E-state index contributed by atoms with van der Waals surface area (Å²) in [6.45, 7) is 6.34. The van der Waals surface area contributed by atoms with Gasteiger partial charge in [0.2, 0.25) is 0 Å². The van der Waals surface area contributed by atoms with Crippen LogP contribution in [0.5, 0.6) is 5.75 Å². The molecule has 0 bridgehead atoms. The van der Waals surface area contributed by atoms with Crippen molar-refractivity contribution >= 4 is 0 Å². The van der Waals surface area contributed by atoms with E-state index >= 15 is 0 Å². The van der Waals surface area contributed by atoms with Gasteiger partial charge in [-0.1, -0.05) is 25.2 Å². The highest BCUT2D eigenvalue weighted by Crippen LogP contribution is 2.19. The first-order valence-electron chi connectivity index (χ1n) is 7.86. The Hall–Kier alpha value is -1.50. The van der Waals surface area contributed by atoms with Crippen LogP contribution >= 0.6 is 0 Å². The summed E-state index contributed by atoms with van der Waals surface area (Å²) in [7, 11) is 0. The summed E-state index contributed by atoms with van der Waals surface area (Å²) in [6.07, 6.45) is 3.98. The van der Waals surface area contributed by atoms with Gasteiger partial charge in [-0.25, -0.2) is 0 Å². The Labute approximate surface area is 127 Å². The molecule has 0 saturated carbocycles. The van der Waals surface area contributed by atoms with E-state index in [1.807, 2.05) is 24.3 Å². The van der Waals surface area contributed by atoms with Crippen molar-refractivity contribution in [3.63, 3.8) is 0 Å². The van der Waals surface area contributed by atoms with Crippen LogP contribution < -0.4 is 4.74 Å². The van der Waals surface area contributed by atoms with Crippen LogP contribution in [0.3, 0.4) is 0 Å². The summed E-state index contributed by atoms with van der Waals surface area (Å²) in [4.78, 5) is 2.51. The number of likely N-dealkylation sites (tertiary alicyclic amines) is 1. The number of aliphatic hydroxyl groups excluding tert-OH is 1. The molecule has 2 rings (SSSR count). The third-order valence-corrected chi connectivity index (χ3v) is 4.02. The van der Waals surface area contributed by atoms with Crippen molar-refractivity contribution in [1.82, 2.24) is 4.90 Å². The van der Waals surface area contributed by atoms with Crippen molar-refractivity contribution in [3.8, 4) is 17.6 Å². The van der Waals surface area contributed by atoms with E-state index in [4.69, 9.17) is 9.84 Å². The smallest absolute Gasteiger partial charge is 0.119 e. The van der Waals surface area contributed by atoms with Crippen LogP contribution in [0.15, 0.2) is 24.3 Å². The number of aliphatic hydroxyl groups is 1. The molecule has 1 aliphatic heterocycles. The highest BCUT2D eigenvalue weighted by atomic mass is 16.5. The molecule has 1 aromatic carbocycles. The summed E-state index contributed by atoms with van der Waals surface area (Å²) in [5, 5.41) is 8.66. The van der Waals surface area contributed by atoms with Gasteiger partial charge in [-0.2, -0.15) is 0 Å². The quantitative estimate of drug-likeness (QED) is 0.845. The summed E-state index contributed by atoms with van der Waals surface area (Å²) in [5.74, 6) is 7.26. The SMILES string of the molecule is CCC1CCCN(CCOc2ccc(C#CCO)cc2)C1. The first-order chi connectivity index (χ1) is 10.3. The van der Waals surface area contributed by atoms with Gasteiger partial charge in [0.15, 0.2) is 0 Å². The van der Waals surface area contributed by atoms with E-state index in [9.17, 15) is 0 Å². The largest absolute Gasteiger partial charge is 0.492 e. The van der Waals surface area contributed by atoms with Gasteiger partial charge >= 0.3 is 0 Å². The lowest BCUT2D eigenvalue weighted by atomic mass is 9.96. The molecule has 1 N–H and O–H groups in total. The van der Waals surface area contributed by atoms with Crippen molar-refractivity contribution in [3.05, 3.63) is 29.8 Å². The normalized spacial score (nSPS) is 18.9. The lowest BCUT2D eigenvalue weighted by Crippen LogP contribution is -2.37. The second kappa shape index (κ2) is 8.71. The van der Waals surface area contributed by atoms with Crippen LogP contribution in [0.2, 0.25) is 0 Å². The fourth-order valence-corrected chi connectivity index (χ4v) is 2.76. The van der Waals surface area contributed by atoms with E-state index in [1.165, 1.54) is 32.4 Å². The molecule has 0 aliphatic carbocycles. The fraction of sp³-hybridized carbons (Fsp3) is 0.556. The minimum Gasteiger partial charge on any atom is -0.492 e. The molecule has 0 radical (unpaired) electrons. The molecule has 1 atom stereocenters. The maximum atomic E-state index is 8.66. The molecule has 21 heavy (non-hydrogen) atoms. The van der Waals surface area contributed by atoms with Crippen molar-refractivity contribution in [2.24, 2.45) is 5.92 Å². The average molecular weight is 287 g/mol.